The Labute approximate surface area is 151 Å². The van der Waals surface area contributed by atoms with E-state index in [-0.39, 0.29) is 23.5 Å². The van der Waals surface area contributed by atoms with Crippen LogP contribution >= 0.6 is 11.3 Å². The van der Waals surface area contributed by atoms with Crippen molar-refractivity contribution in [3.05, 3.63) is 16.8 Å². The van der Waals surface area contributed by atoms with E-state index in [4.69, 9.17) is 16.2 Å². The van der Waals surface area contributed by atoms with Gasteiger partial charge in [-0.3, -0.25) is 4.79 Å². The van der Waals surface area contributed by atoms with Gasteiger partial charge in [0.1, 0.15) is 17.3 Å². The van der Waals surface area contributed by atoms with Crippen LogP contribution in [0.25, 0.3) is 10.2 Å². The molecule has 0 bridgehead atoms. The standard InChI is InChI=1S/C18H24N4O2S/c1-18(20)6-4-11(5-7-18)24-16-15-14-10(8-13(19)23)2-3-12(14)25-17(15)22-9-21-16/h9-11H,2-8,20H2,1H3,(H2,19,23)/t10-,11?,18?/m1/s1. The van der Waals surface area contributed by atoms with Crippen LogP contribution in [0.15, 0.2) is 6.33 Å². The highest BCUT2D eigenvalue weighted by atomic mass is 32.1. The van der Waals surface area contributed by atoms with Crippen LogP contribution < -0.4 is 16.2 Å². The van der Waals surface area contributed by atoms with E-state index in [1.807, 2.05) is 0 Å². The summed E-state index contributed by atoms with van der Waals surface area (Å²) in [5.41, 5.74) is 12.8. The fourth-order valence-corrected chi connectivity index (χ4v) is 5.33. The Morgan fingerprint density at radius 1 is 1.36 bits per heavy atom. The first kappa shape index (κ1) is 16.7. The minimum atomic E-state index is -0.258. The molecule has 4 N–H and O–H groups in total. The van der Waals surface area contributed by atoms with Gasteiger partial charge in [0.15, 0.2) is 0 Å². The molecule has 1 amide bonds. The van der Waals surface area contributed by atoms with Crippen LogP contribution in [-0.2, 0) is 11.2 Å². The van der Waals surface area contributed by atoms with Gasteiger partial charge in [0, 0.05) is 16.8 Å². The van der Waals surface area contributed by atoms with Crippen molar-refractivity contribution in [2.24, 2.45) is 11.5 Å². The quantitative estimate of drug-likeness (QED) is 0.872. The number of hydrogen-bond donors (Lipinski definition) is 2. The van der Waals surface area contributed by atoms with Crippen molar-refractivity contribution in [2.75, 3.05) is 0 Å². The molecule has 0 radical (unpaired) electrons. The van der Waals surface area contributed by atoms with Gasteiger partial charge in [-0.1, -0.05) is 0 Å². The zero-order chi connectivity index (χ0) is 17.6. The Balaban J connectivity index is 1.65. The molecule has 1 fully saturated rings. The maximum Gasteiger partial charge on any atom is 0.225 e. The van der Waals surface area contributed by atoms with Crippen molar-refractivity contribution in [1.82, 2.24) is 9.97 Å². The lowest BCUT2D eigenvalue weighted by Gasteiger charge is -2.34. The lowest BCUT2D eigenvalue weighted by atomic mass is 9.83. The third kappa shape index (κ3) is 3.22. The van der Waals surface area contributed by atoms with Gasteiger partial charge >= 0.3 is 0 Å². The average molecular weight is 360 g/mol. The molecule has 2 aromatic heterocycles. The number of primary amides is 1. The van der Waals surface area contributed by atoms with Crippen LogP contribution in [0.1, 0.15) is 61.8 Å². The topological polar surface area (TPSA) is 104 Å². The minimum absolute atomic E-state index is 0.0862. The molecule has 0 unspecified atom stereocenters. The Morgan fingerprint density at radius 2 is 2.12 bits per heavy atom. The molecule has 0 aromatic carbocycles. The van der Waals surface area contributed by atoms with Gasteiger partial charge in [0.05, 0.1) is 5.39 Å². The number of carbonyl (C=O) groups excluding carboxylic acids is 1. The number of ether oxygens (including phenoxy) is 1. The summed E-state index contributed by atoms with van der Waals surface area (Å²) >= 11 is 1.69. The van der Waals surface area contributed by atoms with Crippen molar-refractivity contribution in [2.45, 2.75) is 69.4 Å². The molecule has 2 aliphatic carbocycles. The predicted molar refractivity (Wildman–Crippen MR) is 97.8 cm³/mol. The summed E-state index contributed by atoms with van der Waals surface area (Å²) in [4.78, 5) is 22.5. The van der Waals surface area contributed by atoms with E-state index in [0.717, 1.165) is 48.7 Å². The summed E-state index contributed by atoms with van der Waals surface area (Å²) in [7, 11) is 0. The second-order valence-electron chi connectivity index (χ2n) is 7.68. The Morgan fingerprint density at radius 3 is 2.84 bits per heavy atom. The average Bonchev–Trinajstić information content (AvgIpc) is 3.09. The summed E-state index contributed by atoms with van der Waals surface area (Å²) in [6.07, 6.45) is 7.82. The first-order valence-electron chi connectivity index (χ1n) is 8.93. The van der Waals surface area contributed by atoms with E-state index in [0.29, 0.717) is 12.3 Å². The SMILES string of the molecule is CC1(N)CCC(Oc2ncnc3sc4c(c23)[C@@H](CC(N)=O)CC4)CC1. The highest BCUT2D eigenvalue weighted by Gasteiger charge is 2.33. The van der Waals surface area contributed by atoms with Crippen molar-refractivity contribution >= 4 is 27.5 Å². The molecule has 2 heterocycles. The Bertz CT molecular complexity index is 807. The van der Waals surface area contributed by atoms with Crippen molar-refractivity contribution in [3.8, 4) is 5.88 Å². The molecule has 2 aliphatic rings. The van der Waals surface area contributed by atoms with Gasteiger partial charge in [0.25, 0.3) is 0 Å². The van der Waals surface area contributed by atoms with Gasteiger partial charge in [-0.25, -0.2) is 9.97 Å². The number of amides is 1. The molecule has 6 nitrogen and oxygen atoms in total. The Kier molecular flexibility index (Phi) is 4.16. The molecule has 4 rings (SSSR count). The smallest absolute Gasteiger partial charge is 0.225 e. The van der Waals surface area contributed by atoms with Gasteiger partial charge < -0.3 is 16.2 Å². The molecule has 25 heavy (non-hydrogen) atoms. The van der Waals surface area contributed by atoms with E-state index in [1.54, 1.807) is 17.7 Å². The van der Waals surface area contributed by atoms with E-state index < -0.39 is 0 Å². The highest BCUT2D eigenvalue weighted by Crippen LogP contribution is 2.47. The normalized spacial score (nSPS) is 28.9. The number of carbonyl (C=O) groups is 1. The molecule has 0 saturated heterocycles. The fraction of sp³-hybridized carbons (Fsp3) is 0.611. The highest BCUT2D eigenvalue weighted by molar-refractivity contribution is 7.19. The third-order valence-corrected chi connectivity index (χ3v) is 6.67. The van der Waals surface area contributed by atoms with Gasteiger partial charge in [-0.2, -0.15) is 0 Å². The van der Waals surface area contributed by atoms with Crippen LogP contribution in [0.2, 0.25) is 0 Å². The Hall–Kier alpha value is -1.73. The number of hydrogen-bond acceptors (Lipinski definition) is 6. The molecule has 0 aliphatic heterocycles. The maximum absolute atomic E-state index is 11.4. The molecule has 2 aromatic rings. The zero-order valence-electron chi connectivity index (χ0n) is 14.5. The van der Waals surface area contributed by atoms with Crippen molar-refractivity contribution in [3.63, 3.8) is 0 Å². The number of thiophene rings is 1. The van der Waals surface area contributed by atoms with Gasteiger partial charge in [-0.05, 0) is 56.9 Å². The molecular formula is C18H24N4O2S. The number of aryl methyl sites for hydroxylation is 1. The van der Waals surface area contributed by atoms with Crippen LogP contribution in [-0.4, -0.2) is 27.5 Å². The molecule has 0 spiro atoms. The van der Waals surface area contributed by atoms with Crippen LogP contribution in [0.3, 0.4) is 0 Å². The second kappa shape index (κ2) is 6.21. The van der Waals surface area contributed by atoms with Gasteiger partial charge in [0.2, 0.25) is 11.8 Å². The van der Waals surface area contributed by atoms with E-state index in [1.165, 1.54) is 10.4 Å². The lowest BCUT2D eigenvalue weighted by molar-refractivity contribution is -0.118. The first-order chi connectivity index (χ1) is 11.9. The summed E-state index contributed by atoms with van der Waals surface area (Å²) in [6.45, 7) is 2.10. The van der Waals surface area contributed by atoms with Crippen LogP contribution in [0.5, 0.6) is 5.88 Å². The van der Waals surface area contributed by atoms with E-state index in [9.17, 15) is 4.79 Å². The van der Waals surface area contributed by atoms with Crippen LogP contribution in [0.4, 0.5) is 0 Å². The number of nitrogens with zero attached hydrogens (tertiary/aromatic N) is 2. The molecular weight excluding hydrogens is 336 g/mol. The lowest BCUT2D eigenvalue weighted by Crippen LogP contribution is -2.42. The monoisotopic (exact) mass is 360 g/mol. The molecule has 1 saturated carbocycles. The summed E-state index contributed by atoms with van der Waals surface area (Å²) < 4.78 is 6.28. The summed E-state index contributed by atoms with van der Waals surface area (Å²) in [6, 6.07) is 0. The van der Waals surface area contributed by atoms with E-state index >= 15 is 0 Å². The van der Waals surface area contributed by atoms with Crippen molar-refractivity contribution in [1.29, 1.82) is 0 Å². The largest absolute Gasteiger partial charge is 0.474 e. The number of nitrogens with two attached hydrogens (primary N) is 2. The predicted octanol–water partition coefficient (Wildman–Crippen LogP) is 2.64. The fourth-order valence-electron chi connectivity index (χ4n) is 4.10. The number of aromatic nitrogens is 2. The number of rotatable bonds is 4. The van der Waals surface area contributed by atoms with Crippen molar-refractivity contribution < 1.29 is 9.53 Å². The van der Waals surface area contributed by atoms with Gasteiger partial charge in [-0.15, -0.1) is 11.3 Å². The van der Waals surface area contributed by atoms with E-state index in [2.05, 4.69) is 16.9 Å². The zero-order valence-corrected chi connectivity index (χ0v) is 15.3. The maximum atomic E-state index is 11.4. The first-order valence-corrected chi connectivity index (χ1v) is 9.75. The molecule has 1 atom stereocenters. The second-order valence-corrected chi connectivity index (χ2v) is 8.76. The van der Waals surface area contributed by atoms with Crippen LogP contribution in [0, 0.1) is 0 Å². The summed E-state index contributed by atoms with van der Waals surface area (Å²) in [5, 5.41) is 0.993. The third-order valence-electron chi connectivity index (χ3n) is 5.50. The minimum Gasteiger partial charge on any atom is -0.474 e. The molecule has 134 valence electrons. The molecule has 7 heteroatoms. The summed E-state index contributed by atoms with van der Waals surface area (Å²) in [5.74, 6) is 0.559. The number of fused-ring (bicyclic) bond motifs is 3.